The van der Waals surface area contributed by atoms with Gasteiger partial charge in [0.1, 0.15) is 18.7 Å². The highest BCUT2D eigenvalue weighted by molar-refractivity contribution is 5.97. The highest BCUT2D eigenvalue weighted by Gasteiger charge is 2.21. The second-order valence-corrected chi connectivity index (χ2v) is 6.69. The molecule has 0 aliphatic carbocycles. The number of hydrogen-bond acceptors (Lipinski definition) is 4. The van der Waals surface area contributed by atoms with Crippen LogP contribution in [0.4, 0.5) is 5.69 Å². The van der Waals surface area contributed by atoms with Gasteiger partial charge in [-0.3, -0.25) is 4.79 Å². The maximum Gasteiger partial charge on any atom is 0.248 e. The van der Waals surface area contributed by atoms with E-state index in [2.05, 4.69) is 38.8 Å². The number of aliphatic imine (C=N–C) groups is 1. The van der Waals surface area contributed by atoms with Gasteiger partial charge in [0.05, 0.1) is 0 Å². The predicted molar refractivity (Wildman–Crippen MR) is 110 cm³/mol. The number of rotatable bonds is 7. The van der Waals surface area contributed by atoms with Crippen LogP contribution in [-0.2, 0) is 24.2 Å². The van der Waals surface area contributed by atoms with Gasteiger partial charge in [-0.2, -0.15) is 0 Å². The second-order valence-electron chi connectivity index (χ2n) is 6.69. The number of anilines is 1. The molecule has 0 unspecified atom stereocenters. The predicted octanol–water partition coefficient (Wildman–Crippen LogP) is 1.38. The number of aromatic nitrogens is 3. The highest BCUT2D eigenvalue weighted by atomic mass is 16.2. The van der Waals surface area contributed by atoms with Crippen molar-refractivity contribution in [3.63, 3.8) is 0 Å². The van der Waals surface area contributed by atoms with Crippen molar-refractivity contribution in [2.45, 2.75) is 39.7 Å². The molecule has 0 bridgehead atoms. The average molecular weight is 384 g/mol. The van der Waals surface area contributed by atoms with Gasteiger partial charge in [0.2, 0.25) is 5.91 Å². The van der Waals surface area contributed by atoms with Crippen molar-refractivity contribution in [1.29, 1.82) is 0 Å². The summed E-state index contributed by atoms with van der Waals surface area (Å²) in [7, 11) is 0. The monoisotopic (exact) mass is 383 g/mol. The standard InChI is InChI=1S/C20H29N7O/c1-3-18-25-24-15-26(18)13-11-22-20(21-4-2)23-14-19(28)27-12-7-9-16-8-5-6-10-17(16)27/h5-6,8,10,15H,3-4,7,9,11-14H2,1-2H3,(H2,21,22,23). The van der Waals surface area contributed by atoms with Crippen LogP contribution in [0.1, 0.15) is 31.7 Å². The first kappa shape index (κ1) is 19.9. The van der Waals surface area contributed by atoms with E-state index in [-0.39, 0.29) is 12.5 Å². The van der Waals surface area contributed by atoms with Gasteiger partial charge in [0.25, 0.3) is 0 Å². The molecule has 2 N–H and O–H groups in total. The van der Waals surface area contributed by atoms with Crippen LogP contribution in [0.25, 0.3) is 0 Å². The number of carbonyl (C=O) groups is 1. The lowest BCUT2D eigenvalue weighted by molar-refractivity contribution is -0.117. The number of nitrogens with one attached hydrogen (secondary N) is 2. The van der Waals surface area contributed by atoms with E-state index >= 15 is 0 Å². The van der Waals surface area contributed by atoms with Crippen LogP contribution in [0.3, 0.4) is 0 Å². The second kappa shape index (κ2) is 9.87. The zero-order chi connectivity index (χ0) is 19.8. The summed E-state index contributed by atoms with van der Waals surface area (Å²) in [6.45, 7) is 7.10. The molecule has 0 radical (unpaired) electrons. The molecule has 0 saturated carbocycles. The van der Waals surface area contributed by atoms with Gasteiger partial charge in [0, 0.05) is 38.3 Å². The first-order valence-electron chi connectivity index (χ1n) is 10.00. The van der Waals surface area contributed by atoms with Gasteiger partial charge < -0.3 is 20.1 Å². The van der Waals surface area contributed by atoms with Crippen LogP contribution in [0.2, 0.25) is 0 Å². The van der Waals surface area contributed by atoms with Crippen molar-refractivity contribution in [3.05, 3.63) is 42.0 Å². The maximum absolute atomic E-state index is 12.8. The molecule has 1 aromatic heterocycles. The fraction of sp³-hybridized carbons (Fsp3) is 0.500. The van der Waals surface area contributed by atoms with E-state index < -0.39 is 0 Å². The summed E-state index contributed by atoms with van der Waals surface area (Å²) >= 11 is 0. The van der Waals surface area contributed by atoms with Crippen LogP contribution in [0.5, 0.6) is 0 Å². The van der Waals surface area contributed by atoms with Gasteiger partial charge in [-0.15, -0.1) is 10.2 Å². The molecule has 0 spiro atoms. The molecule has 0 atom stereocenters. The number of amides is 1. The summed E-state index contributed by atoms with van der Waals surface area (Å²) < 4.78 is 2.02. The minimum Gasteiger partial charge on any atom is -0.357 e. The van der Waals surface area contributed by atoms with Gasteiger partial charge in [-0.05, 0) is 31.4 Å². The Morgan fingerprint density at radius 1 is 1.25 bits per heavy atom. The van der Waals surface area contributed by atoms with Crippen LogP contribution >= 0.6 is 0 Å². The fourth-order valence-electron chi connectivity index (χ4n) is 3.40. The summed E-state index contributed by atoms with van der Waals surface area (Å²) in [5.41, 5.74) is 2.25. The Kier molecular flexibility index (Phi) is 7.00. The zero-order valence-corrected chi connectivity index (χ0v) is 16.7. The molecule has 8 nitrogen and oxygen atoms in total. The van der Waals surface area contributed by atoms with Gasteiger partial charge in [0.15, 0.2) is 5.96 Å². The molecule has 2 heterocycles. The van der Waals surface area contributed by atoms with E-state index in [1.54, 1.807) is 6.33 Å². The van der Waals surface area contributed by atoms with Crippen molar-refractivity contribution < 1.29 is 4.79 Å². The van der Waals surface area contributed by atoms with Crippen molar-refractivity contribution >= 4 is 17.6 Å². The number of guanidine groups is 1. The minimum absolute atomic E-state index is 0.0245. The third kappa shape index (κ3) is 4.88. The lowest BCUT2D eigenvalue weighted by Crippen LogP contribution is -2.41. The number of carbonyl (C=O) groups excluding carboxylic acids is 1. The molecular formula is C20H29N7O. The summed E-state index contributed by atoms with van der Waals surface area (Å²) in [5.74, 6) is 1.63. The average Bonchev–Trinajstić information content (AvgIpc) is 3.19. The molecule has 8 heteroatoms. The van der Waals surface area contributed by atoms with E-state index in [0.717, 1.165) is 50.4 Å². The minimum atomic E-state index is 0.0245. The summed E-state index contributed by atoms with van der Waals surface area (Å²) in [6.07, 6.45) is 4.60. The number of hydrogen-bond donors (Lipinski definition) is 2. The van der Waals surface area contributed by atoms with Crippen molar-refractivity contribution in [3.8, 4) is 0 Å². The number of benzene rings is 1. The highest BCUT2D eigenvalue weighted by Crippen LogP contribution is 2.26. The quantitative estimate of drug-likeness (QED) is 0.557. The summed E-state index contributed by atoms with van der Waals surface area (Å²) in [6, 6.07) is 8.12. The first-order chi connectivity index (χ1) is 13.7. The van der Waals surface area contributed by atoms with Gasteiger partial charge in [-0.25, -0.2) is 4.99 Å². The molecule has 28 heavy (non-hydrogen) atoms. The fourth-order valence-corrected chi connectivity index (χ4v) is 3.40. The Morgan fingerprint density at radius 3 is 2.93 bits per heavy atom. The third-order valence-electron chi connectivity index (χ3n) is 4.79. The van der Waals surface area contributed by atoms with Crippen LogP contribution in [-0.4, -0.2) is 52.8 Å². The number of aryl methyl sites for hydroxylation is 2. The van der Waals surface area contributed by atoms with E-state index in [9.17, 15) is 4.79 Å². The zero-order valence-electron chi connectivity index (χ0n) is 16.7. The molecule has 0 saturated heterocycles. The molecule has 150 valence electrons. The molecule has 1 aliphatic rings. The SMILES string of the molecule is CCNC(=NCC(=O)N1CCCc2ccccc21)NCCn1cnnc1CC. The Labute approximate surface area is 166 Å². The lowest BCUT2D eigenvalue weighted by Gasteiger charge is -2.29. The molecular weight excluding hydrogens is 354 g/mol. The Morgan fingerprint density at radius 2 is 2.11 bits per heavy atom. The van der Waals surface area contributed by atoms with Crippen LogP contribution in [0, 0.1) is 0 Å². The molecule has 1 aliphatic heterocycles. The summed E-state index contributed by atoms with van der Waals surface area (Å²) in [4.78, 5) is 19.1. The Hall–Kier alpha value is -2.90. The topological polar surface area (TPSA) is 87.4 Å². The van der Waals surface area contributed by atoms with Gasteiger partial charge >= 0.3 is 0 Å². The largest absolute Gasteiger partial charge is 0.357 e. The normalized spacial score (nSPS) is 13.9. The molecule has 3 rings (SSSR count). The van der Waals surface area contributed by atoms with E-state index in [0.29, 0.717) is 12.5 Å². The van der Waals surface area contributed by atoms with E-state index in [1.807, 2.05) is 34.6 Å². The Bertz CT molecular complexity index is 814. The smallest absolute Gasteiger partial charge is 0.248 e. The first-order valence-corrected chi connectivity index (χ1v) is 10.00. The van der Waals surface area contributed by atoms with E-state index in [1.165, 1.54) is 5.56 Å². The maximum atomic E-state index is 12.8. The van der Waals surface area contributed by atoms with Crippen molar-refractivity contribution in [1.82, 2.24) is 25.4 Å². The molecule has 2 aromatic rings. The van der Waals surface area contributed by atoms with Crippen molar-refractivity contribution in [2.75, 3.05) is 31.1 Å². The Balaban J connectivity index is 1.57. The lowest BCUT2D eigenvalue weighted by atomic mass is 10.0. The number of nitrogens with zero attached hydrogens (tertiary/aromatic N) is 5. The van der Waals surface area contributed by atoms with Crippen LogP contribution in [0.15, 0.2) is 35.6 Å². The molecule has 1 aromatic carbocycles. The third-order valence-corrected chi connectivity index (χ3v) is 4.79. The summed E-state index contributed by atoms with van der Waals surface area (Å²) in [5, 5.41) is 14.5. The number of fused-ring (bicyclic) bond motifs is 1. The molecule has 1 amide bonds. The van der Waals surface area contributed by atoms with Crippen molar-refractivity contribution in [2.24, 2.45) is 4.99 Å². The van der Waals surface area contributed by atoms with E-state index in [4.69, 9.17) is 0 Å². The molecule has 0 fully saturated rings. The van der Waals surface area contributed by atoms with Gasteiger partial charge in [-0.1, -0.05) is 25.1 Å². The van der Waals surface area contributed by atoms with Crippen LogP contribution < -0.4 is 15.5 Å². The number of para-hydroxylation sites is 1.